The van der Waals surface area contributed by atoms with E-state index >= 15 is 0 Å². The molecule has 6 nitrogen and oxygen atoms in total. The number of hydrogen-bond acceptors (Lipinski definition) is 6. The van der Waals surface area contributed by atoms with Gasteiger partial charge in [0.15, 0.2) is 0 Å². The highest BCUT2D eigenvalue weighted by molar-refractivity contribution is 7.13. The Balaban J connectivity index is 1.82. The Morgan fingerprint density at radius 2 is 2.50 bits per heavy atom. The molecule has 0 bridgehead atoms. The molecule has 3 rings (SSSR count). The number of aliphatic carboxylic acids is 1. The van der Waals surface area contributed by atoms with E-state index in [-0.39, 0.29) is 11.8 Å². The number of rotatable bonds is 3. The zero-order valence-corrected chi connectivity index (χ0v) is 8.85. The Morgan fingerprint density at radius 3 is 3.12 bits per heavy atom. The van der Waals surface area contributed by atoms with Crippen LogP contribution in [0.3, 0.4) is 0 Å². The van der Waals surface area contributed by atoms with Gasteiger partial charge < -0.3 is 9.63 Å². The molecule has 1 aliphatic carbocycles. The summed E-state index contributed by atoms with van der Waals surface area (Å²) in [6.45, 7) is 0. The quantitative estimate of drug-likeness (QED) is 0.867. The third-order valence-corrected chi connectivity index (χ3v) is 3.29. The summed E-state index contributed by atoms with van der Waals surface area (Å²) in [5.74, 6) is -0.395. The van der Waals surface area contributed by atoms with E-state index in [2.05, 4.69) is 15.1 Å². The van der Waals surface area contributed by atoms with Crippen LogP contribution in [0.15, 0.2) is 16.2 Å². The summed E-state index contributed by atoms with van der Waals surface area (Å²) in [7, 11) is 0. The summed E-state index contributed by atoms with van der Waals surface area (Å²) in [6, 6.07) is 0. The lowest BCUT2D eigenvalue weighted by atomic mass is 10.3. The topological polar surface area (TPSA) is 89.1 Å². The van der Waals surface area contributed by atoms with Gasteiger partial charge in [-0.2, -0.15) is 4.98 Å². The molecule has 2 aromatic heterocycles. The first-order chi connectivity index (χ1) is 7.75. The first-order valence-electron chi connectivity index (χ1n) is 4.71. The molecule has 1 aliphatic rings. The average molecular weight is 237 g/mol. The van der Waals surface area contributed by atoms with Gasteiger partial charge in [0.1, 0.15) is 0 Å². The molecule has 0 aromatic carbocycles. The summed E-state index contributed by atoms with van der Waals surface area (Å²) in [5.41, 5.74) is 1.68. The second kappa shape index (κ2) is 3.38. The van der Waals surface area contributed by atoms with Gasteiger partial charge >= 0.3 is 5.97 Å². The number of thiazole rings is 1. The van der Waals surface area contributed by atoms with Crippen LogP contribution < -0.4 is 0 Å². The van der Waals surface area contributed by atoms with Gasteiger partial charge in [-0.05, 0) is 6.42 Å². The van der Waals surface area contributed by atoms with Gasteiger partial charge in [0.05, 0.1) is 22.2 Å². The molecule has 2 aromatic rings. The molecule has 2 heterocycles. The van der Waals surface area contributed by atoms with Gasteiger partial charge in [0.2, 0.25) is 11.7 Å². The monoisotopic (exact) mass is 237 g/mol. The van der Waals surface area contributed by atoms with Crippen LogP contribution >= 0.6 is 11.3 Å². The van der Waals surface area contributed by atoms with Crippen molar-refractivity contribution in [2.24, 2.45) is 5.92 Å². The lowest BCUT2D eigenvalue weighted by Crippen LogP contribution is -1.98. The maximum atomic E-state index is 10.7. The van der Waals surface area contributed by atoms with Gasteiger partial charge in [-0.25, -0.2) is 0 Å². The Kier molecular flexibility index (Phi) is 2.00. The fourth-order valence-corrected chi connectivity index (χ4v) is 2.10. The van der Waals surface area contributed by atoms with E-state index in [0.717, 1.165) is 4.88 Å². The number of carbonyl (C=O) groups is 1. The van der Waals surface area contributed by atoms with Crippen LogP contribution in [0.5, 0.6) is 0 Å². The lowest BCUT2D eigenvalue weighted by Gasteiger charge is -1.86. The maximum Gasteiger partial charge on any atom is 0.307 e. The first kappa shape index (κ1) is 9.46. The second-order valence-corrected chi connectivity index (χ2v) is 4.50. The van der Waals surface area contributed by atoms with E-state index in [0.29, 0.717) is 18.1 Å². The summed E-state index contributed by atoms with van der Waals surface area (Å²) < 4.78 is 5.05. The molecule has 82 valence electrons. The fraction of sp³-hybridized carbons (Fsp3) is 0.333. The third-order valence-electron chi connectivity index (χ3n) is 2.52. The number of carboxylic acid groups (broad SMARTS) is 1. The summed E-state index contributed by atoms with van der Waals surface area (Å²) in [5, 5.41) is 12.6. The molecule has 0 radical (unpaired) electrons. The van der Waals surface area contributed by atoms with Crippen molar-refractivity contribution in [3.05, 3.63) is 17.6 Å². The molecule has 2 unspecified atom stereocenters. The van der Waals surface area contributed by atoms with Crippen LogP contribution in [0, 0.1) is 5.92 Å². The Bertz CT molecular complexity index is 522. The highest BCUT2D eigenvalue weighted by atomic mass is 32.1. The highest BCUT2D eigenvalue weighted by Gasteiger charge is 2.48. The third kappa shape index (κ3) is 1.49. The van der Waals surface area contributed by atoms with Crippen LogP contribution in [-0.4, -0.2) is 26.2 Å². The molecular formula is C9H7N3O3S. The summed E-state index contributed by atoms with van der Waals surface area (Å²) >= 11 is 1.42. The Morgan fingerprint density at radius 1 is 1.62 bits per heavy atom. The minimum atomic E-state index is -0.803. The lowest BCUT2D eigenvalue weighted by molar-refractivity contribution is -0.138. The van der Waals surface area contributed by atoms with Crippen molar-refractivity contribution >= 4 is 17.3 Å². The van der Waals surface area contributed by atoms with Gasteiger partial charge in [-0.3, -0.25) is 9.78 Å². The molecular weight excluding hydrogens is 230 g/mol. The van der Waals surface area contributed by atoms with Crippen molar-refractivity contribution in [1.29, 1.82) is 0 Å². The van der Waals surface area contributed by atoms with Crippen LogP contribution in [0.1, 0.15) is 18.2 Å². The van der Waals surface area contributed by atoms with Crippen molar-refractivity contribution in [1.82, 2.24) is 15.1 Å². The molecule has 1 fully saturated rings. The predicted octanol–water partition coefficient (Wildman–Crippen LogP) is 1.38. The van der Waals surface area contributed by atoms with E-state index in [1.54, 1.807) is 11.7 Å². The number of aromatic nitrogens is 3. The summed E-state index contributed by atoms with van der Waals surface area (Å²) in [4.78, 5) is 19.6. The SMILES string of the molecule is O=C(O)C1CC1c1nc(-c2cncs2)no1. The van der Waals surface area contributed by atoms with E-state index in [1.165, 1.54) is 11.3 Å². The van der Waals surface area contributed by atoms with Crippen LogP contribution in [0.25, 0.3) is 10.7 Å². The predicted molar refractivity (Wildman–Crippen MR) is 53.9 cm³/mol. The zero-order valence-electron chi connectivity index (χ0n) is 8.03. The number of carboxylic acids is 1. The molecule has 0 saturated heterocycles. The van der Waals surface area contributed by atoms with Crippen LogP contribution in [0.4, 0.5) is 0 Å². The molecule has 0 aliphatic heterocycles. The summed E-state index contributed by atoms with van der Waals surface area (Å²) in [6.07, 6.45) is 2.24. The minimum Gasteiger partial charge on any atom is -0.481 e. The van der Waals surface area contributed by atoms with Gasteiger partial charge in [0.25, 0.3) is 0 Å². The fourth-order valence-electron chi connectivity index (χ4n) is 1.55. The van der Waals surface area contributed by atoms with Crippen molar-refractivity contribution in [2.45, 2.75) is 12.3 Å². The molecule has 16 heavy (non-hydrogen) atoms. The zero-order chi connectivity index (χ0) is 11.1. The highest BCUT2D eigenvalue weighted by Crippen LogP contribution is 2.47. The van der Waals surface area contributed by atoms with Gasteiger partial charge in [0, 0.05) is 6.20 Å². The standard InChI is InChI=1S/C9H7N3O3S/c13-9(14)5-1-4(5)8-11-7(12-15-8)6-2-10-3-16-6/h2-5H,1H2,(H,13,14). The van der Waals surface area contributed by atoms with Crippen LogP contribution in [-0.2, 0) is 4.79 Å². The van der Waals surface area contributed by atoms with Crippen molar-refractivity contribution in [3.63, 3.8) is 0 Å². The van der Waals surface area contributed by atoms with Gasteiger partial charge in [-0.15, -0.1) is 11.3 Å². The molecule has 0 spiro atoms. The average Bonchev–Trinajstić information content (AvgIpc) is 2.72. The van der Waals surface area contributed by atoms with Crippen molar-refractivity contribution < 1.29 is 14.4 Å². The van der Waals surface area contributed by atoms with Gasteiger partial charge in [-0.1, -0.05) is 5.16 Å². The number of nitrogens with zero attached hydrogens (tertiary/aromatic N) is 3. The van der Waals surface area contributed by atoms with E-state index in [4.69, 9.17) is 9.63 Å². The molecule has 1 N–H and O–H groups in total. The Hall–Kier alpha value is -1.76. The van der Waals surface area contributed by atoms with E-state index in [1.807, 2.05) is 0 Å². The van der Waals surface area contributed by atoms with Crippen LogP contribution in [0.2, 0.25) is 0 Å². The normalized spacial score (nSPS) is 23.2. The second-order valence-electron chi connectivity index (χ2n) is 3.61. The first-order valence-corrected chi connectivity index (χ1v) is 5.59. The Labute approximate surface area is 93.9 Å². The molecule has 7 heteroatoms. The molecule has 2 atom stereocenters. The molecule has 1 saturated carbocycles. The van der Waals surface area contributed by atoms with E-state index < -0.39 is 5.97 Å². The maximum absolute atomic E-state index is 10.7. The minimum absolute atomic E-state index is 0.119. The van der Waals surface area contributed by atoms with Crippen molar-refractivity contribution in [3.8, 4) is 10.7 Å². The van der Waals surface area contributed by atoms with Crippen molar-refractivity contribution in [2.75, 3.05) is 0 Å². The van der Waals surface area contributed by atoms with E-state index in [9.17, 15) is 4.79 Å². The number of hydrogen-bond donors (Lipinski definition) is 1. The molecule has 0 amide bonds. The largest absolute Gasteiger partial charge is 0.481 e. The smallest absolute Gasteiger partial charge is 0.307 e.